The van der Waals surface area contributed by atoms with Crippen LogP contribution < -0.4 is 4.74 Å². The van der Waals surface area contributed by atoms with Gasteiger partial charge in [0, 0.05) is 6.20 Å². The Labute approximate surface area is 90.4 Å². The highest BCUT2D eigenvalue weighted by molar-refractivity contribution is 9.09. The molecule has 0 amide bonds. The molecule has 0 saturated carbocycles. The Morgan fingerprint density at radius 3 is 3.08 bits per heavy atom. The molecule has 0 fully saturated rings. The first-order chi connectivity index (χ1) is 6.27. The summed E-state index contributed by atoms with van der Waals surface area (Å²) in [6.45, 7) is 0. The highest BCUT2D eigenvalue weighted by atomic mass is 79.9. The second kappa shape index (κ2) is 5.11. The van der Waals surface area contributed by atoms with Crippen molar-refractivity contribution in [1.29, 1.82) is 0 Å². The van der Waals surface area contributed by atoms with Gasteiger partial charge in [-0.25, -0.2) is 4.98 Å². The van der Waals surface area contributed by atoms with Crippen LogP contribution in [0.15, 0.2) is 12.3 Å². The molecular formula is C9H7BrClNO. The van der Waals surface area contributed by atoms with Gasteiger partial charge >= 0.3 is 0 Å². The van der Waals surface area contributed by atoms with Crippen LogP contribution in [0.4, 0.5) is 0 Å². The maximum absolute atomic E-state index is 5.76. The predicted octanol–water partition coefficient (Wildman–Crippen LogP) is 2.49. The molecule has 0 aliphatic carbocycles. The average molecular weight is 261 g/mol. The van der Waals surface area contributed by atoms with E-state index in [0.29, 0.717) is 21.8 Å². The highest BCUT2D eigenvalue weighted by Gasteiger charge is 2.01. The Kier molecular flexibility index (Phi) is 4.07. The minimum atomic E-state index is 0.498. The minimum absolute atomic E-state index is 0.498. The van der Waals surface area contributed by atoms with E-state index in [9.17, 15) is 0 Å². The number of aromatic nitrogens is 1. The lowest BCUT2D eigenvalue weighted by Gasteiger charge is -2.00. The van der Waals surface area contributed by atoms with E-state index in [-0.39, 0.29) is 0 Å². The van der Waals surface area contributed by atoms with Crippen LogP contribution in [0, 0.1) is 11.8 Å². The number of methoxy groups -OCH3 is 1. The Morgan fingerprint density at radius 1 is 1.69 bits per heavy atom. The molecule has 0 unspecified atom stereocenters. The molecule has 0 radical (unpaired) electrons. The van der Waals surface area contributed by atoms with E-state index in [4.69, 9.17) is 16.3 Å². The second-order valence-electron chi connectivity index (χ2n) is 2.15. The average Bonchev–Trinajstić information content (AvgIpc) is 2.15. The van der Waals surface area contributed by atoms with E-state index < -0.39 is 0 Å². The fourth-order valence-electron chi connectivity index (χ4n) is 0.808. The first-order valence-electron chi connectivity index (χ1n) is 3.52. The largest absolute Gasteiger partial charge is 0.480 e. The van der Waals surface area contributed by atoms with E-state index in [1.165, 1.54) is 6.20 Å². The maximum atomic E-state index is 5.76. The molecule has 1 aromatic rings. The molecule has 68 valence electrons. The standard InChI is InChI=1S/C9H7BrClNO/c1-13-9-7(3-2-4-10)5-8(11)6-12-9/h5-6H,4H2,1H3. The molecule has 0 aliphatic rings. The number of rotatable bonds is 1. The minimum Gasteiger partial charge on any atom is -0.480 e. The van der Waals surface area contributed by atoms with Crippen molar-refractivity contribution in [1.82, 2.24) is 4.98 Å². The fourth-order valence-corrected chi connectivity index (χ4v) is 1.11. The van der Waals surface area contributed by atoms with Gasteiger partial charge in [-0.2, -0.15) is 0 Å². The van der Waals surface area contributed by atoms with Crippen molar-refractivity contribution < 1.29 is 4.74 Å². The Bertz CT molecular complexity index is 356. The monoisotopic (exact) mass is 259 g/mol. The lowest BCUT2D eigenvalue weighted by Crippen LogP contribution is -1.91. The van der Waals surface area contributed by atoms with Crippen LogP contribution in [0.3, 0.4) is 0 Å². The highest BCUT2D eigenvalue weighted by Crippen LogP contribution is 2.17. The summed E-state index contributed by atoms with van der Waals surface area (Å²) >= 11 is 8.96. The lowest BCUT2D eigenvalue weighted by atomic mass is 10.3. The number of alkyl halides is 1. The molecule has 0 saturated heterocycles. The molecule has 0 aliphatic heterocycles. The topological polar surface area (TPSA) is 22.1 Å². The van der Waals surface area contributed by atoms with Crippen LogP contribution in [0.2, 0.25) is 5.02 Å². The van der Waals surface area contributed by atoms with Gasteiger partial charge in [0.15, 0.2) is 0 Å². The summed E-state index contributed by atoms with van der Waals surface area (Å²) in [5, 5.41) is 1.17. The number of pyridine rings is 1. The number of halogens is 2. The third-order valence-corrected chi connectivity index (χ3v) is 1.79. The molecule has 1 rings (SSSR count). The van der Waals surface area contributed by atoms with Crippen molar-refractivity contribution in [3.63, 3.8) is 0 Å². The quantitative estimate of drug-likeness (QED) is 0.572. The molecule has 0 aromatic carbocycles. The van der Waals surface area contributed by atoms with Crippen molar-refractivity contribution >= 4 is 27.5 Å². The van der Waals surface area contributed by atoms with Gasteiger partial charge in [0.05, 0.1) is 23.0 Å². The number of hydrogen-bond acceptors (Lipinski definition) is 2. The van der Waals surface area contributed by atoms with Gasteiger partial charge in [-0.05, 0) is 6.07 Å². The van der Waals surface area contributed by atoms with Gasteiger partial charge in [0.25, 0.3) is 0 Å². The molecule has 4 heteroatoms. The third kappa shape index (κ3) is 2.91. The van der Waals surface area contributed by atoms with Crippen molar-refractivity contribution in [2.24, 2.45) is 0 Å². The molecule has 1 aromatic heterocycles. The molecule has 13 heavy (non-hydrogen) atoms. The van der Waals surface area contributed by atoms with Gasteiger partial charge < -0.3 is 4.74 Å². The first-order valence-corrected chi connectivity index (χ1v) is 5.02. The van der Waals surface area contributed by atoms with Crippen molar-refractivity contribution in [2.75, 3.05) is 12.4 Å². The number of hydrogen-bond donors (Lipinski definition) is 0. The van der Waals surface area contributed by atoms with E-state index >= 15 is 0 Å². The molecule has 1 heterocycles. The Morgan fingerprint density at radius 2 is 2.46 bits per heavy atom. The van der Waals surface area contributed by atoms with Gasteiger partial charge in [-0.1, -0.05) is 39.4 Å². The summed E-state index contributed by atoms with van der Waals surface area (Å²) in [6.07, 6.45) is 1.53. The normalized spacial score (nSPS) is 8.85. The third-order valence-electron chi connectivity index (χ3n) is 1.30. The summed E-state index contributed by atoms with van der Waals surface area (Å²) in [7, 11) is 1.55. The van der Waals surface area contributed by atoms with Crippen LogP contribution in [-0.4, -0.2) is 17.4 Å². The summed E-state index contributed by atoms with van der Waals surface area (Å²) in [6, 6.07) is 1.73. The van der Waals surface area contributed by atoms with Crippen molar-refractivity contribution in [3.8, 4) is 17.7 Å². The van der Waals surface area contributed by atoms with Crippen molar-refractivity contribution in [3.05, 3.63) is 22.8 Å². The zero-order valence-electron chi connectivity index (χ0n) is 6.97. The van der Waals surface area contributed by atoms with Crippen LogP contribution in [-0.2, 0) is 0 Å². The fraction of sp³-hybridized carbons (Fsp3) is 0.222. The molecular weight excluding hydrogens is 253 g/mol. The van der Waals surface area contributed by atoms with Crippen LogP contribution >= 0.6 is 27.5 Å². The van der Waals surface area contributed by atoms with Gasteiger partial charge in [0.1, 0.15) is 0 Å². The molecule has 0 spiro atoms. The van der Waals surface area contributed by atoms with E-state index in [0.717, 1.165) is 0 Å². The van der Waals surface area contributed by atoms with E-state index in [1.54, 1.807) is 13.2 Å². The SMILES string of the molecule is COc1ncc(Cl)cc1C#CCBr. The van der Waals surface area contributed by atoms with Gasteiger partial charge in [-0.15, -0.1) is 0 Å². The van der Waals surface area contributed by atoms with E-state index in [2.05, 4.69) is 32.8 Å². The van der Waals surface area contributed by atoms with Gasteiger partial charge in [-0.3, -0.25) is 0 Å². The molecule has 0 N–H and O–H groups in total. The Balaban J connectivity index is 3.08. The van der Waals surface area contributed by atoms with Crippen LogP contribution in [0.5, 0.6) is 5.88 Å². The predicted molar refractivity (Wildman–Crippen MR) is 56.5 cm³/mol. The zero-order valence-corrected chi connectivity index (χ0v) is 9.32. The summed E-state index contributed by atoms with van der Waals surface area (Å²) in [5.41, 5.74) is 0.703. The lowest BCUT2D eigenvalue weighted by molar-refractivity contribution is 0.396. The summed E-state index contributed by atoms with van der Waals surface area (Å²) < 4.78 is 5.01. The number of nitrogens with zero attached hydrogens (tertiary/aromatic N) is 1. The number of ether oxygens (including phenoxy) is 1. The van der Waals surface area contributed by atoms with E-state index in [1.807, 2.05) is 0 Å². The van der Waals surface area contributed by atoms with Crippen molar-refractivity contribution in [2.45, 2.75) is 0 Å². The first kappa shape index (κ1) is 10.4. The maximum Gasteiger partial charge on any atom is 0.229 e. The zero-order chi connectivity index (χ0) is 9.68. The summed E-state index contributed by atoms with van der Waals surface area (Å²) in [5.74, 6) is 6.24. The Hall–Kier alpha value is -0.720. The smallest absolute Gasteiger partial charge is 0.229 e. The molecule has 0 atom stereocenters. The molecule has 2 nitrogen and oxygen atoms in total. The summed E-state index contributed by atoms with van der Waals surface area (Å²) in [4.78, 5) is 3.98. The van der Waals surface area contributed by atoms with Crippen LogP contribution in [0.1, 0.15) is 5.56 Å². The van der Waals surface area contributed by atoms with Crippen LogP contribution in [0.25, 0.3) is 0 Å². The van der Waals surface area contributed by atoms with Gasteiger partial charge in [0.2, 0.25) is 5.88 Å². The molecule has 0 bridgehead atoms. The second-order valence-corrected chi connectivity index (χ2v) is 3.14.